The molecule has 1 aliphatic carbocycles. The van der Waals surface area contributed by atoms with E-state index >= 15 is 0 Å². The van der Waals surface area contributed by atoms with Gasteiger partial charge in [0.2, 0.25) is 11.8 Å². The van der Waals surface area contributed by atoms with Crippen LogP contribution in [0.25, 0.3) is 0 Å². The number of carbonyl (C=O) groups is 2. The van der Waals surface area contributed by atoms with Crippen molar-refractivity contribution < 1.29 is 9.59 Å². The molecule has 6 heteroatoms. The zero-order chi connectivity index (χ0) is 17.4. The Labute approximate surface area is 148 Å². The van der Waals surface area contributed by atoms with Crippen molar-refractivity contribution in [3.63, 3.8) is 0 Å². The Morgan fingerprint density at radius 3 is 2.92 bits per heavy atom. The molecule has 1 aromatic rings. The highest BCUT2D eigenvalue weighted by atomic mass is 16.2. The number of rotatable bonds is 3. The number of hydrogen-bond acceptors (Lipinski definition) is 4. The summed E-state index contributed by atoms with van der Waals surface area (Å²) in [6.45, 7) is 4.90. The molecule has 1 aromatic heterocycles. The second-order valence-electron chi connectivity index (χ2n) is 7.72. The highest BCUT2D eigenvalue weighted by Crippen LogP contribution is 2.43. The summed E-state index contributed by atoms with van der Waals surface area (Å²) >= 11 is 0. The smallest absolute Gasteiger partial charge is 0.224 e. The topological polar surface area (TPSA) is 66.4 Å². The first-order chi connectivity index (χ1) is 12.1. The molecule has 134 valence electrons. The van der Waals surface area contributed by atoms with E-state index in [0.717, 1.165) is 57.6 Å². The Hall–Kier alpha value is -1.98. The lowest BCUT2D eigenvalue weighted by Gasteiger charge is -2.40. The molecule has 0 aromatic carbocycles. The van der Waals surface area contributed by atoms with Crippen molar-refractivity contribution in [3.8, 4) is 0 Å². The molecule has 1 atom stereocenters. The number of piperidine rings is 1. The van der Waals surface area contributed by atoms with Crippen LogP contribution in [0.5, 0.6) is 0 Å². The van der Waals surface area contributed by atoms with E-state index in [4.69, 9.17) is 4.98 Å². The van der Waals surface area contributed by atoms with Crippen LogP contribution in [0.2, 0.25) is 0 Å². The largest absolute Gasteiger partial charge is 0.342 e. The molecule has 2 aliphatic heterocycles. The number of amides is 2. The Kier molecular flexibility index (Phi) is 4.21. The number of likely N-dealkylation sites (tertiary alicyclic amines) is 2. The van der Waals surface area contributed by atoms with Crippen molar-refractivity contribution in [2.24, 2.45) is 0 Å². The number of hydrogen-bond donors (Lipinski definition) is 0. The Balaban J connectivity index is 1.44. The molecular formula is C19H26N4O2. The highest BCUT2D eigenvalue weighted by Gasteiger charge is 2.44. The Morgan fingerprint density at radius 1 is 1.24 bits per heavy atom. The van der Waals surface area contributed by atoms with Crippen molar-refractivity contribution in [1.29, 1.82) is 0 Å². The fourth-order valence-electron chi connectivity index (χ4n) is 4.70. The summed E-state index contributed by atoms with van der Waals surface area (Å²) in [5, 5.41) is 0. The molecule has 6 nitrogen and oxygen atoms in total. The van der Waals surface area contributed by atoms with Crippen LogP contribution in [0.15, 0.2) is 6.20 Å². The molecule has 0 bridgehead atoms. The number of aromatic nitrogens is 2. The van der Waals surface area contributed by atoms with Crippen LogP contribution in [-0.4, -0.2) is 57.8 Å². The van der Waals surface area contributed by atoms with Gasteiger partial charge in [-0.15, -0.1) is 0 Å². The first kappa shape index (κ1) is 16.5. The number of fused-ring (bicyclic) bond motifs is 2. The highest BCUT2D eigenvalue weighted by molar-refractivity contribution is 5.80. The maximum absolute atomic E-state index is 12.7. The van der Waals surface area contributed by atoms with Crippen molar-refractivity contribution in [3.05, 3.63) is 23.3 Å². The Bertz CT molecular complexity index is 701. The number of nitrogens with zero attached hydrogens (tertiary/aromatic N) is 4. The molecule has 3 aliphatic rings. The summed E-state index contributed by atoms with van der Waals surface area (Å²) in [6.07, 6.45) is 8.17. The molecule has 4 rings (SSSR count). The van der Waals surface area contributed by atoms with Gasteiger partial charge in [0.05, 0.1) is 5.69 Å². The van der Waals surface area contributed by atoms with Gasteiger partial charge >= 0.3 is 0 Å². The molecule has 0 saturated carbocycles. The van der Waals surface area contributed by atoms with E-state index in [-0.39, 0.29) is 17.2 Å². The quantitative estimate of drug-likeness (QED) is 0.837. The third-order valence-corrected chi connectivity index (χ3v) is 6.06. The minimum atomic E-state index is 0.0143. The van der Waals surface area contributed by atoms with Crippen molar-refractivity contribution in [1.82, 2.24) is 19.8 Å². The van der Waals surface area contributed by atoms with E-state index in [2.05, 4.69) is 4.98 Å². The number of carbonyl (C=O) groups excluding carboxylic acids is 2. The predicted molar refractivity (Wildman–Crippen MR) is 93.0 cm³/mol. The van der Waals surface area contributed by atoms with Gasteiger partial charge in [0.15, 0.2) is 0 Å². The van der Waals surface area contributed by atoms with Crippen LogP contribution in [0.4, 0.5) is 0 Å². The summed E-state index contributed by atoms with van der Waals surface area (Å²) in [7, 11) is 0. The average Bonchev–Trinajstić information content (AvgIpc) is 3.17. The first-order valence-electron chi connectivity index (χ1n) is 9.46. The van der Waals surface area contributed by atoms with Gasteiger partial charge in [-0.3, -0.25) is 9.59 Å². The third-order valence-electron chi connectivity index (χ3n) is 6.06. The maximum Gasteiger partial charge on any atom is 0.224 e. The summed E-state index contributed by atoms with van der Waals surface area (Å²) in [6, 6.07) is 0. The van der Waals surface area contributed by atoms with Crippen LogP contribution in [0.3, 0.4) is 0 Å². The van der Waals surface area contributed by atoms with E-state index in [0.29, 0.717) is 19.4 Å². The molecule has 0 radical (unpaired) electrons. The average molecular weight is 342 g/mol. The minimum absolute atomic E-state index is 0.0143. The van der Waals surface area contributed by atoms with Crippen molar-refractivity contribution in [2.45, 2.75) is 57.3 Å². The van der Waals surface area contributed by atoms with Crippen molar-refractivity contribution in [2.75, 3.05) is 26.2 Å². The standard InChI is InChI=1S/C19H26N4O2/c1-14-20-12-15-5-8-19(18(15)21-14)7-3-10-23(13-19)17(25)6-11-22-9-2-4-16(22)24/h12H,2-11,13H2,1H3. The Morgan fingerprint density at radius 2 is 2.12 bits per heavy atom. The maximum atomic E-state index is 12.7. The molecule has 1 spiro atoms. The molecular weight excluding hydrogens is 316 g/mol. The summed E-state index contributed by atoms with van der Waals surface area (Å²) in [5.74, 6) is 1.19. The summed E-state index contributed by atoms with van der Waals surface area (Å²) in [4.78, 5) is 37.4. The van der Waals surface area contributed by atoms with Gasteiger partial charge in [-0.25, -0.2) is 9.97 Å². The van der Waals surface area contributed by atoms with Crippen LogP contribution >= 0.6 is 0 Å². The molecule has 0 N–H and O–H groups in total. The molecule has 1 unspecified atom stereocenters. The van der Waals surface area contributed by atoms with E-state index < -0.39 is 0 Å². The van der Waals surface area contributed by atoms with E-state index in [1.54, 1.807) is 0 Å². The normalized spacial score (nSPS) is 25.7. The van der Waals surface area contributed by atoms with Crippen LogP contribution in [0, 0.1) is 6.92 Å². The van der Waals surface area contributed by atoms with Gasteiger partial charge in [0.1, 0.15) is 5.82 Å². The lowest BCUT2D eigenvalue weighted by molar-refractivity contribution is -0.134. The van der Waals surface area contributed by atoms with Gasteiger partial charge < -0.3 is 9.80 Å². The molecule has 2 amide bonds. The van der Waals surface area contributed by atoms with Gasteiger partial charge in [-0.05, 0) is 44.6 Å². The lowest BCUT2D eigenvalue weighted by atomic mass is 9.77. The third kappa shape index (κ3) is 3.02. The second-order valence-corrected chi connectivity index (χ2v) is 7.72. The second kappa shape index (κ2) is 6.39. The summed E-state index contributed by atoms with van der Waals surface area (Å²) < 4.78 is 0. The van der Waals surface area contributed by atoms with Crippen molar-refractivity contribution >= 4 is 11.8 Å². The predicted octanol–water partition coefficient (Wildman–Crippen LogP) is 1.60. The molecule has 2 fully saturated rings. The molecule has 2 saturated heterocycles. The SMILES string of the molecule is Cc1ncc2c(n1)C1(CCCN(C(=O)CCN3CCCC3=O)C1)CC2. The summed E-state index contributed by atoms with van der Waals surface area (Å²) in [5.41, 5.74) is 2.44. The fraction of sp³-hybridized carbons (Fsp3) is 0.684. The van der Waals surface area contributed by atoms with E-state index in [1.807, 2.05) is 22.9 Å². The zero-order valence-electron chi connectivity index (χ0n) is 15.0. The van der Waals surface area contributed by atoms with Crippen LogP contribution in [-0.2, 0) is 21.4 Å². The van der Waals surface area contributed by atoms with Crippen LogP contribution in [0.1, 0.15) is 55.6 Å². The van der Waals surface area contributed by atoms with E-state index in [1.165, 1.54) is 11.3 Å². The first-order valence-corrected chi connectivity index (χ1v) is 9.46. The fourth-order valence-corrected chi connectivity index (χ4v) is 4.70. The van der Waals surface area contributed by atoms with Gasteiger partial charge in [-0.2, -0.15) is 0 Å². The van der Waals surface area contributed by atoms with Gasteiger partial charge in [0.25, 0.3) is 0 Å². The molecule has 25 heavy (non-hydrogen) atoms. The number of aryl methyl sites for hydroxylation is 2. The van der Waals surface area contributed by atoms with Gasteiger partial charge in [-0.1, -0.05) is 0 Å². The monoisotopic (exact) mass is 342 g/mol. The van der Waals surface area contributed by atoms with E-state index in [9.17, 15) is 9.59 Å². The minimum Gasteiger partial charge on any atom is -0.342 e. The van der Waals surface area contributed by atoms with Gasteiger partial charge in [0, 0.05) is 50.6 Å². The molecule has 3 heterocycles. The zero-order valence-corrected chi connectivity index (χ0v) is 15.0. The van der Waals surface area contributed by atoms with Crippen LogP contribution < -0.4 is 0 Å². The lowest BCUT2D eigenvalue weighted by Crippen LogP contribution is -2.48.